The summed E-state index contributed by atoms with van der Waals surface area (Å²) >= 11 is 1.63. The first-order chi connectivity index (χ1) is 14.6. The van der Waals surface area contributed by atoms with Crippen LogP contribution >= 0.6 is 11.3 Å². The molecular formula is C22H23N3O4S. The number of thiazole rings is 1. The maximum atomic E-state index is 12.8. The summed E-state index contributed by atoms with van der Waals surface area (Å²) in [6.07, 6.45) is 0.737. The number of rotatable bonds is 5. The Hall–Kier alpha value is -3.26. The Balaban J connectivity index is 1.46. The number of amides is 2. The Labute approximate surface area is 179 Å². The highest BCUT2D eigenvalue weighted by atomic mass is 32.1. The number of aromatic nitrogens is 1. The van der Waals surface area contributed by atoms with Crippen LogP contribution in [0.2, 0.25) is 0 Å². The smallest absolute Gasteiger partial charge is 0.322 e. The molecule has 0 unspecified atom stereocenters. The highest BCUT2D eigenvalue weighted by Gasteiger charge is 2.24. The topological polar surface area (TPSA) is 72.9 Å². The number of urea groups is 1. The zero-order valence-corrected chi connectivity index (χ0v) is 17.9. The molecule has 3 aromatic rings. The lowest BCUT2D eigenvalue weighted by molar-refractivity contribution is 0.207. The monoisotopic (exact) mass is 425 g/mol. The van der Waals surface area contributed by atoms with Crippen molar-refractivity contribution in [1.29, 1.82) is 0 Å². The second-order valence-corrected chi connectivity index (χ2v) is 7.87. The number of fused-ring (bicyclic) bond motifs is 1. The molecule has 0 aliphatic carbocycles. The molecule has 7 nitrogen and oxygen atoms in total. The summed E-state index contributed by atoms with van der Waals surface area (Å²) in [7, 11) is 4.80. The summed E-state index contributed by atoms with van der Waals surface area (Å²) in [5, 5.41) is 3.90. The lowest BCUT2D eigenvalue weighted by atomic mass is 10.2. The minimum Gasteiger partial charge on any atom is -0.497 e. The summed E-state index contributed by atoms with van der Waals surface area (Å²) < 4.78 is 15.8. The third-order valence-electron chi connectivity index (χ3n) is 4.99. The van der Waals surface area contributed by atoms with Crippen LogP contribution in [0.5, 0.6) is 17.2 Å². The number of nitrogens with zero attached hydrogens (tertiary/aromatic N) is 2. The number of carbonyl (C=O) groups is 1. The van der Waals surface area contributed by atoms with Crippen molar-refractivity contribution < 1.29 is 19.0 Å². The van der Waals surface area contributed by atoms with Crippen molar-refractivity contribution in [2.45, 2.75) is 13.0 Å². The van der Waals surface area contributed by atoms with Gasteiger partial charge in [0, 0.05) is 35.2 Å². The highest BCUT2D eigenvalue weighted by Crippen LogP contribution is 2.33. The van der Waals surface area contributed by atoms with Gasteiger partial charge in [0.1, 0.15) is 10.8 Å². The van der Waals surface area contributed by atoms with E-state index in [9.17, 15) is 4.79 Å². The van der Waals surface area contributed by atoms with Crippen LogP contribution in [0.15, 0.2) is 42.5 Å². The van der Waals surface area contributed by atoms with E-state index in [1.807, 2.05) is 24.3 Å². The standard InChI is InChI=1S/C22H23N3O4S/c1-27-16-7-4-14(5-8-16)21-24-17-10-11-25(13-20(17)30-21)22(26)23-15-6-9-18(28-2)19(12-15)29-3/h4-9,12H,10-11,13H2,1-3H3,(H,23,26). The maximum Gasteiger partial charge on any atom is 0.322 e. The molecule has 1 aromatic heterocycles. The van der Waals surface area contributed by atoms with E-state index in [0.29, 0.717) is 30.3 Å². The van der Waals surface area contributed by atoms with E-state index in [0.717, 1.165) is 33.3 Å². The molecule has 0 fully saturated rings. The molecule has 156 valence electrons. The Kier molecular flexibility index (Phi) is 5.76. The van der Waals surface area contributed by atoms with Crippen molar-refractivity contribution in [3.05, 3.63) is 53.0 Å². The first-order valence-corrected chi connectivity index (χ1v) is 10.3. The number of hydrogen-bond donors (Lipinski definition) is 1. The van der Waals surface area contributed by atoms with Gasteiger partial charge in [-0.1, -0.05) is 0 Å². The van der Waals surface area contributed by atoms with Gasteiger partial charge in [0.25, 0.3) is 0 Å². The molecular weight excluding hydrogens is 402 g/mol. The van der Waals surface area contributed by atoms with Gasteiger partial charge in [0.15, 0.2) is 11.5 Å². The fourth-order valence-electron chi connectivity index (χ4n) is 3.34. The largest absolute Gasteiger partial charge is 0.497 e. The number of anilines is 1. The first-order valence-electron chi connectivity index (χ1n) is 9.52. The van der Waals surface area contributed by atoms with Gasteiger partial charge in [0.05, 0.1) is 33.6 Å². The quantitative estimate of drug-likeness (QED) is 0.655. The van der Waals surface area contributed by atoms with Gasteiger partial charge >= 0.3 is 6.03 Å². The van der Waals surface area contributed by atoms with Crippen molar-refractivity contribution in [2.75, 3.05) is 33.2 Å². The van der Waals surface area contributed by atoms with Gasteiger partial charge in [-0.05, 0) is 36.4 Å². The van der Waals surface area contributed by atoms with E-state index in [2.05, 4.69) is 5.32 Å². The summed E-state index contributed by atoms with van der Waals surface area (Å²) in [6, 6.07) is 13.0. The van der Waals surface area contributed by atoms with Crippen LogP contribution < -0.4 is 19.5 Å². The van der Waals surface area contributed by atoms with Gasteiger partial charge in [-0.2, -0.15) is 0 Å². The van der Waals surface area contributed by atoms with Gasteiger partial charge in [0.2, 0.25) is 0 Å². The molecule has 1 aliphatic heterocycles. The predicted octanol–water partition coefficient (Wildman–Crippen LogP) is 4.43. The third-order valence-corrected chi connectivity index (χ3v) is 6.12. The molecule has 4 rings (SSSR count). The number of hydrogen-bond acceptors (Lipinski definition) is 6. The fourth-order valence-corrected chi connectivity index (χ4v) is 4.47. The zero-order valence-electron chi connectivity index (χ0n) is 17.1. The molecule has 0 spiro atoms. The molecule has 0 saturated carbocycles. The van der Waals surface area contributed by atoms with Crippen molar-refractivity contribution in [1.82, 2.24) is 9.88 Å². The molecule has 0 saturated heterocycles. The molecule has 0 radical (unpaired) electrons. The van der Waals surface area contributed by atoms with Crippen molar-refractivity contribution >= 4 is 23.1 Å². The SMILES string of the molecule is COc1ccc(-c2nc3c(s2)CN(C(=O)Nc2ccc(OC)c(OC)c2)CC3)cc1. The summed E-state index contributed by atoms with van der Waals surface area (Å²) in [5.41, 5.74) is 2.78. The lowest BCUT2D eigenvalue weighted by Gasteiger charge is -2.26. The number of ether oxygens (including phenoxy) is 3. The summed E-state index contributed by atoms with van der Waals surface area (Å²) in [4.78, 5) is 20.5. The Bertz CT molecular complexity index is 1050. The first kappa shape index (κ1) is 20.0. The number of benzene rings is 2. The van der Waals surface area contributed by atoms with E-state index in [1.54, 1.807) is 55.8 Å². The van der Waals surface area contributed by atoms with Crippen LogP contribution in [-0.2, 0) is 13.0 Å². The number of nitrogens with one attached hydrogen (secondary N) is 1. The molecule has 2 heterocycles. The van der Waals surface area contributed by atoms with Crippen LogP contribution in [0.3, 0.4) is 0 Å². The van der Waals surface area contributed by atoms with Crippen molar-refractivity contribution in [2.24, 2.45) is 0 Å². The van der Waals surface area contributed by atoms with Crippen molar-refractivity contribution in [3.8, 4) is 27.8 Å². The minimum absolute atomic E-state index is 0.146. The molecule has 30 heavy (non-hydrogen) atoms. The average molecular weight is 426 g/mol. The fraction of sp³-hybridized carbons (Fsp3) is 0.273. The molecule has 8 heteroatoms. The normalized spacial score (nSPS) is 12.8. The minimum atomic E-state index is -0.146. The van der Waals surface area contributed by atoms with Crippen LogP contribution in [0.4, 0.5) is 10.5 Å². The van der Waals surface area contributed by atoms with E-state index in [-0.39, 0.29) is 6.03 Å². The maximum absolute atomic E-state index is 12.8. The lowest BCUT2D eigenvalue weighted by Crippen LogP contribution is -2.38. The zero-order chi connectivity index (χ0) is 21.1. The number of methoxy groups -OCH3 is 3. The van der Waals surface area contributed by atoms with Crippen LogP contribution in [0.1, 0.15) is 10.6 Å². The molecule has 0 bridgehead atoms. The third kappa shape index (κ3) is 4.04. The molecule has 2 amide bonds. The van der Waals surface area contributed by atoms with E-state index >= 15 is 0 Å². The molecule has 2 aromatic carbocycles. The Morgan fingerprint density at radius 1 is 1.03 bits per heavy atom. The number of carbonyl (C=O) groups excluding carboxylic acids is 1. The van der Waals surface area contributed by atoms with Crippen LogP contribution in [-0.4, -0.2) is 43.8 Å². The van der Waals surface area contributed by atoms with Gasteiger partial charge in [-0.3, -0.25) is 0 Å². The second kappa shape index (κ2) is 8.62. The van der Waals surface area contributed by atoms with E-state index < -0.39 is 0 Å². The Morgan fingerprint density at radius 3 is 2.50 bits per heavy atom. The van der Waals surface area contributed by atoms with Gasteiger partial charge in [-0.15, -0.1) is 11.3 Å². The van der Waals surface area contributed by atoms with E-state index in [4.69, 9.17) is 19.2 Å². The van der Waals surface area contributed by atoms with Gasteiger partial charge in [-0.25, -0.2) is 9.78 Å². The average Bonchev–Trinajstić information content (AvgIpc) is 3.22. The predicted molar refractivity (Wildman–Crippen MR) is 117 cm³/mol. The molecule has 1 aliphatic rings. The van der Waals surface area contributed by atoms with Crippen LogP contribution in [0, 0.1) is 0 Å². The highest BCUT2D eigenvalue weighted by molar-refractivity contribution is 7.15. The van der Waals surface area contributed by atoms with Gasteiger partial charge < -0.3 is 24.4 Å². The van der Waals surface area contributed by atoms with Crippen molar-refractivity contribution in [3.63, 3.8) is 0 Å². The molecule has 0 atom stereocenters. The summed E-state index contributed by atoms with van der Waals surface area (Å²) in [6.45, 7) is 1.17. The summed E-state index contributed by atoms with van der Waals surface area (Å²) in [5.74, 6) is 2.01. The van der Waals surface area contributed by atoms with Crippen LogP contribution in [0.25, 0.3) is 10.6 Å². The van der Waals surface area contributed by atoms with E-state index in [1.165, 1.54) is 0 Å². The molecule has 1 N–H and O–H groups in total. The second-order valence-electron chi connectivity index (χ2n) is 6.79. The Morgan fingerprint density at radius 2 is 1.80 bits per heavy atom.